The first kappa shape index (κ1) is 18.9. The van der Waals surface area contributed by atoms with Crippen LogP contribution in [-0.4, -0.2) is 28.4 Å². The third-order valence-electron chi connectivity index (χ3n) is 5.21. The second-order valence-electron chi connectivity index (χ2n) is 7.39. The summed E-state index contributed by atoms with van der Waals surface area (Å²) in [6.07, 6.45) is 8.19. The lowest BCUT2D eigenvalue weighted by molar-refractivity contribution is 0.102. The number of benzene rings is 2. The van der Waals surface area contributed by atoms with E-state index in [0.717, 1.165) is 30.1 Å². The second-order valence-corrected chi connectivity index (χ2v) is 7.39. The van der Waals surface area contributed by atoms with Crippen molar-refractivity contribution in [1.29, 1.82) is 0 Å². The van der Waals surface area contributed by atoms with Crippen LogP contribution < -0.4 is 15.0 Å². The SMILES string of the molecule is O=C(Nc1cccc(OCc2cn3ccccc3n2)c1)c1ccc(N2CC=CC2)cc1. The van der Waals surface area contributed by atoms with E-state index in [4.69, 9.17) is 4.74 Å². The van der Waals surface area contributed by atoms with E-state index in [-0.39, 0.29) is 5.91 Å². The van der Waals surface area contributed by atoms with Gasteiger partial charge in [-0.25, -0.2) is 4.98 Å². The molecule has 0 bridgehead atoms. The van der Waals surface area contributed by atoms with Gasteiger partial charge in [-0.2, -0.15) is 0 Å². The molecule has 2 aromatic heterocycles. The molecule has 154 valence electrons. The van der Waals surface area contributed by atoms with Gasteiger partial charge in [0.25, 0.3) is 5.91 Å². The number of amides is 1. The predicted molar refractivity (Wildman–Crippen MR) is 122 cm³/mol. The first-order chi connectivity index (χ1) is 15.2. The second kappa shape index (κ2) is 8.36. The lowest BCUT2D eigenvalue weighted by Crippen LogP contribution is -2.18. The first-order valence-electron chi connectivity index (χ1n) is 10.2. The van der Waals surface area contributed by atoms with Gasteiger partial charge < -0.3 is 19.4 Å². The quantitative estimate of drug-likeness (QED) is 0.474. The number of carbonyl (C=O) groups is 1. The van der Waals surface area contributed by atoms with E-state index >= 15 is 0 Å². The average molecular weight is 410 g/mol. The molecule has 1 amide bonds. The summed E-state index contributed by atoms with van der Waals surface area (Å²) < 4.78 is 7.84. The van der Waals surface area contributed by atoms with Crippen LogP contribution in [0, 0.1) is 0 Å². The van der Waals surface area contributed by atoms with Crippen molar-refractivity contribution in [2.75, 3.05) is 23.3 Å². The summed E-state index contributed by atoms with van der Waals surface area (Å²) >= 11 is 0. The molecular formula is C25H22N4O2. The highest BCUT2D eigenvalue weighted by molar-refractivity contribution is 6.04. The number of nitrogens with zero attached hydrogens (tertiary/aromatic N) is 3. The molecule has 5 rings (SSSR count). The Kier molecular flexibility index (Phi) is 5.10. The van der Waals surface area contributed by atoms with Gasteiger partial charge in [0.05, 0.1) is 5.69 Å². The normalized spacial score (nSPS) is 13.0. The molecule has 0 spiro atoms. The molecule has 6 heteroatoms. The van der Waals surface area contributed by atoms with Crippen molar-refractivity contribution in [3.8, 4) is 5.75 Å². The summed E-state index contributed by atoms with van der Waals surface area (Å²) in [4.78, 5) is 19.4. The van der Waals surface area contributed by atoms with Crippen LogP contribution in [0.1, 0.15) is 16.1 Å². The van der Waals surface area contributed by atoms with Crippen LogP contribution in [0.5, 0.6) is 5.75 Å². The van der Waals surface area contributed by atoms with E-state index in [0.29, 0.717) is 23.6 Å². The molecule has 0 aliphatic carbocycles. The fourth-order valence-electron chi connectivity index (χ4n) is 3.59. The summed E-state index contributed by atoms with van der Waals surface area (Å²) in [5, 5.41) is 2.94. The van der Waals surface area contributed by atoms with Crippen molar-refractivity contribution in [1.82, 2.24) is 9.38 Å². The predicted octanol–water partition coefficient (Wildman–Crippen LogP) is 4.54. The van der Waals surface area contributed by atoms with Crippen LogP contribution >= 0.6 is 0 Å². The molecule has 6 nitrogen and oxygen atoms in total. The molecule has 1 aliphatic heterocycles. The monoisotopic (exact) mass is 410 g/mol. The molecule has 0 saturated heterocycles. The summed E-state index contributed by atoms with van der Waals surface area (Å²) in [7, 11) is 0. The van der Waals surface area contributed by atoms with Gasteiger partial charge in [0.2, 0.25) is 0 Å². The maximum absolute atomic E-state index is 12.6. The molecule has 0 atom stereocenters. The lowest BCUT2D eigenvalue weighted by Gasteiger charge is -2.17. The van der Waals surface area contributed by atoms with Gasteiger partial charge in [0.1, 0.15) is 18.0 Å². The van der Waals surface area contributed by atoms with Gasteiger partial charge >= 0.3 is 0 Å². The molecule has 3 heterocycles. The molecule has 0 radical (unpaired) electrons. The number of hydrogen-bond donors (Lipinski definition) is 1. The third-order valence-corrected chi connectivity index (χ3v) is 5.21. The Labute approximate surface area is 180 Å². The number of anilines is 2. The van der Waals surface area contributed by atoms with Crippen molar-refractivity contribution in [3.63, 3.8) is 0 Å². The molecule has 1 N–H and O–H groups in total. The van der Waals surface area contributed by atoms with Crippen molar-refractivity contribution < 1.29 is 9.53 Å². The van der Waals surface area contributed by atoms with Gasteiger partial charge in [0.15, 0.2) is 0 Å². The van der Waals surface area contributed by atoms with Gasteiger partial charge in [-0.1, -0.05) is 24.3 Å². The Balaban J connectivity index is 1.21. The number of ether oxygens (including phenoxy) is 1. The zero-order chi connectivity index (χ0) is 21.0. The minimum absolute atomic E-state index is 0.149. The highest BCUT2D eigenvalue weighted by atomic mass is 16.5. The lowest BCUT2D eigenvalue weighted by atomic mass is 10.1. The molecule has 2 aromatic carbocycles. The van der Waals surface area contributed by atoms with Crippen LogP contribution in [-0.2, 0) is 6.61 Å². The molecule has 4 aromatic rings. The Morgan fingerprint density at radius 2 is 1.84 bits per heavy atom. The maximum Gasteiger partial charge on any atom is 0.255 e. The van der Waals surface area contributed by atoms with Crippen molar-refractivity contribution in [3.05, 3.63) is 103 Å². The summed E-state index contributed by atoms with van der Waals surface area (Å²) in [6.45, 7) is 2.17. The molecule has 31 heavy (non-hydrogen) atoms. The topological polar surface area (TPSA) is 58.9 Å². The van der Waals surface area contributed by atoms with E-state index in [1.165, 1.54) is 0 Å². The van der Waals surface area contributed by atoms with Gasteiger partial charge in [0, 0.05) is 48.5 Å². The fraction of sp³-hybridized carbons (Fsp3) is 0.120. The maximum atomic E-state index is 12.6. The zero-order valence-corrected chi connectivity index (χ0v) is 16.9. The smallest absolute Gasteiger partial charge is 0.255 e. The van der Waals surface area contributed by atoms with Crippen molar-refractivity contribution >= 4 is 22.9 Å². The van der Waals surface area contributed by atoms with E-state index in [1.54, 1.807) is 0 Å². The Morgan fingerprint density at radius 1 is 1.00 bits per heavy atom. The van der Waals surface area contributed by atoms with Gasteiger partial charge in [-0.15, -0.1) is 0 Å². The number of nitrogens with one attached hydrogen (secondary N) is 1. The van der Waals surface area contributed by atoms with Crippen LogP contribution in [0.15, 0.2) is 91.3 Å². The number of hydrogen-bond acceptors (Lipinski definition) is 4. The Bertz CT molecular complexity index is 1200. The largest absolute Gasteiger partial charge is 0.487 e. The van der Waals surface area contributed by atoms with Crippen molar-refractivity contribution in [2.24, 2.45) is 0 Å². The Hall–Kier alpha value is -4.06. The molecular weight excluding hydrogens is 388 g/mol. The first-order valence-corrected chi connectivity index (χ1v) is 10.2. The van der Waals surface area contributed by atoms with Gasteiger partial charge in [-0.3, -0.25) is 4.79 Å². The third kappa shape index (κ3) is 4.28. The molecule has 0 unspecified atom stereocenters. The Morgan fingerprint density at radius 3 is 2.65 bits per heavy atom. The molecule has 1 aliphatic rings. The minimum atomic E-state index is -0.149. The zero-order valence-electron chi connectivity index (χ0n) is 16.9. The van der Waals surface area contributed by atoms with Crippen LogP contribution in [0.4, 0.5) is 11.4 Å². The standard InChI is InChI=1S/C25H22N4O2/c30-25(19-9-11-22(12-10-19)28-13-3-4-14-28)27-20-6-5-7-23(16-20)31-18-21-17-29-15-2-1-8-24(29)26-21/h1-12,15-17H,13-14,18H2,(H,27,30). The number of aromatic nitrogens is 2. The summed E-state index contributed by atoms with van der Waals surface area (Å²) in [5.74, 6) is 0.523. The number of fused-ring (bicyclic) bond motifs is 1. The van der Waals surface area contributed by atoms with E-state index in [2.05, 4.69) is 27.4 Å². The number of carbonyl (C=O) groups excluding carboxylic acids is 1. The van der Waals surface area contributed by atoms with Crippen LogP contribution in [0.2, 0.25) is 0 Å². The summed E-state index contributed by atoms with van der Waals surface area (Å²) in [5.41, 5.74) is 4.14. The fourth-order valence-corrected chi connectivity index (χ4v) is 3.59. The highest BCUT2D eigenvalue weighted by Crippen LogP contribution is 2.21. The van der Waals surface area contributed by atoms with Crippen LogP contribution in [0.25, 0.3) is 5.65 Å². The van der Waals surface area contributed by atoms with E-state index in [9.17, 15) is 4.79 Å². The average Bonchev–Trinajstić information content (AvgIpc) is 3.48. The van der Waals surface area contributed by atoms with Crippen molar-refractivity contribution in [2.45, 2.75) is 6.61 Å². The summed E-state index contributed by atoms with van der Waals surface area (Å²) in [6, 6.07) is 20.9. The van der Waals surface area contributed by atoms with E-state index < -0.39 is 0 Å². The van der Waals surface area contributed by atoms with Crippen LogP contribution in [0.3, 0.4) is 0 Å². The number of pyridine rings is 1. The minimum Gasteiger partial charge on any atom is -0.487 e. The molecule has 0 saturated carbocycles. The van der Waals surface area contributed by atoms with E-state index in [1.807, 2.05) is 83.5 Å². The molecule has 0 fully saturated rings. The highest BCUT2D eigenvalue weighted by Gasteiger charge is 2.11. The number of rotatable bonds is 6. The van der Waals surface area contributed by atoms with Gasteiger partial charge in [-0.05, 0) is 48.5 Å². The number of imidazole rings is 1.